The zero-order valence-electron chi connectivity index (χ0n) is 17.0. The lowest BCUT2D eigenvalue weighted by atomic mass is 9.83. The molecule has 154 valence electrons. The Morgan fingerprint density at radius 3 is 2.36 bits per heavy atom. The highest BCUT2D eigenvalue weighted by Gasteiger charge is 2.49. The van der Waals surface area contributed by atoms with Crippen molar-refractivity contribution in [2.45, 2.75) is 71.3 Å². The average Bonchev–Trinajstić information content (AvgIpc) is 3.00. The molecule has 0 spiro atoms. The lowest BCUT2D eigenvalue weighted by Crippen LogP contribution is -2.31. The minimum absolute atomic E-state index is 0.0776. The van der Waals surface area contributed by atoms with Crippen LogP contribution in [0.15, 0.2) is 30.3 Å². The van der Waals surface area contributed by atoms with Crippen LogP contribution in [0.25, 0.3) is 0 Å². The summed E-state index contributed by atoms with van der Waals surface area (Å²) < 4.78 is 10.6. The summed E-state index contributed by atoms with van der Waals surface area (Å²) in [5, 5.41) is 0. The van der Waals surface area contributed by atoms with Gasteiger partial charge in [0.1, 0.15) is 6.10 Å². The number of unbranched alkanes of at least 4 members (excludes halogenated alkanes) is 5. The van der Waals surface area contributed by atoms with E-state index in [9.17, 15) is 14.4 Å². The van der Waals surface area contributed by atoms with E-state index in [1.807, 2.05) is 6.07 Å². The van der Waals surface area contributed by atoms with Gasteiger partial charge < -0.3 is 9.47 Å². The summed E-state index contributed by atoms with van der Waals surface area (Å²) in [5.41, 5.74) is 0.586. The number of Topliss-reactive ketones (excluding diaryl/α,β-unsaturated/α-hetero) is 1. The van der Waals surface area contributed by atoms with E-state index in [1.54, 1.807) is 31.2 Å². The van der Waals surface area contributed by atoms with Gasteiger partial charge in [-0.3, -0.25) is 14.4 Å². The molecule has 0 N–H and O–H groups in total. The maximum absolute atomic E-state index is 12.7. The van der Waals surface area contributed by atoms with Crippen LogP contribution in [-0.4, -0.2) is 30.4 Å². The summed E-state index contributed by atoms with van der Waals surface area (Å²) in [4.78, 5) is 37.4. The third-order valence-corrected chi connectivity index (χ3v) is 5.33. The molecule has 1 fully saturated rings. The van der Waals surface area contributed by atoms with Crippen LogP contribution in [0.5, 0.6) is 0 Å². The Balaban J connectivity index is 2.03. The Kier molecular flexibility index (Phi) is 9.18. The van der Waals surface area contributed by atoms with Crippen molar-refractivity contribution in [3.05, 3.63) is 35.9 Å². The second-order valence-corrected chi connectivity index (χ2v) is 7.42. The maximum atomic E-state index is 12.7. The van der Waals surface area contributed by atoms with Crippen molar-refractivity contribution in [3.8, 4) is 0 Å². The molecule has 2 rings (SSSR count). The molecule has 0 unspecified atom stereocenters. The fourth-order valence-corrected chi connectivity index (χ4v) is 3.81. The van der Waals surface area contributed by atoms with Crippen LogP contribution in [0.2, 0.25) is 0 Å². The predicted molar refractivity (Wildman–Crippen MR) is 107 cm³/mol. The van der Waals surface area contributed by atoms with Gasteiger partial charge in [0.05, 0.1) is 6.61 Å². The lowest BCUT2D eigenvalue weighted by molar-refractivity contribution is -0.156. The van der Waals surface area contributed by atoms with Crippen molar-refractivity contribution < 1.29 is 23.9 Å². The van der Waals surface area contributed by atoms with Crippen molar-refractivity contribution >= 4 is 17.7 Å². The third kappa shape index (κ3) is 6.18. The number of carbonyl (C=O) groups excluding carboxylic acids is 3. The molecule has 1 heterocycles. The first-order chi connectivity index (χ1) is 13.6. The summed E-state index contributed by atoms with van der Waals surface area (Å²) >= 11 is 0. The van der Waals surface area contributed by atoms with Gasteiger partial charge in [-0.25, -0.2) is 0 Å². The van der Waals surface area contributed by atoms with E-state index >= 15 is 0 Å². The highest BCUT2D eigenvalue weighted by atomic mass is 16.6. The number of ether oxygens (including phenoxy) is 2. The summed E-state index contributed by atoms with van der Waals surface area (Å²) in [5.74, 6) is -2.68. The van der Waals surface area contributed by atoms with Gasteiger partial charge >= 0.3 is 11.9 Å². The van der Waals surface area contributed by atoms with Crippen LogP contribution in [0.1, 0.15) is 75.6 Å². The van der Waals surface area contributed by atoms with Crippen LogP contribution in [0.3, 0.4) is 0 Å². The molecule has 1 aliphatic rings. The van der Waals surface area contributed by atoms with E-state index in [0.29, 0.717) is 12.0 Å². The van der Waals surface area contributed by atoms with Crippen molar-refractivity contribution in [2.75, 3.05) is 6.61 Å². The van der Waals surface area contributed by atoms with Crippen LogP contribution < -0.4 is 0 Å². The predicted octanol–water partition coefficient (Wildman–Crippen LogP) is 4.73. The van der Waals surface area contributed by atoms with E-state index in [0.717, 1.165) is 19.3 Å². The van der Waals surface area contributed by atoms with Crippen LogP contribution in [0.4, 0.5) is 0 Å². The normalized spacial score (nSPS) is 21.4. The van der Waals surface area contributed by atoms with Gasteiger partial charge in [-0.1, -0.05) is 69.4 Å². The number of hydrogen-bond acceptors (Lipinski definition) is 5. The zero-order chi connectivity index (χ0) is 20.4. The van der Waals surface area contributed by atoms with E-state index in [1.165, 1.54) is 19.3 Å². The fraction of sp³-hybridized carbons (Fsp3) is 0.609. The SMILES string of the molecule is CCCCCCCC[C@@H]1OC(=O)[C@@H](C(=O)OCC)[C@@H]1CC(=O)c1ccccc1. The number of carbonyl (C=O) groups is 3. The highest BCUT2D eigenvalue weighted by molar-refractivity contribution is 6.00. The van der Waals surface area contributed by atoms with Gasteiger partial charge in [0.2, 0.25) is 0 Å². The number of esters is 2. The average molecular weight is 389 g/mol. The molecule has 3 atom stereocenters. The second kappa shape index (κ2) is 11.6. The number of cyclic esters (lactones) is 1. The lowest BCUT2D eigenvalue weighted by Gasteiger charge is -2.19. The van der Waals surface area contributed by atoms with E-state index in [-0.39, 0.29) is 18.8 Å². The molecule has 0 aromatic heterocycles. The molecule has 1 aliphatic heterocycles. The molecule has 0 radical (unpaired) electrons. The van der Waals surface area contributed by atoms with Crippen molar-refractivity contribution in [1.29, 1.82) is 0 Å². The van der Waals surface area contributed by atoms with Crippen LogP contribution in [0, 0.1) is 11.8 Å². The van der Waals surface area contributed by atoms with Crippen molar-refractivity contribution in [3.63, 3.8) is 0 Å². The van der Waals surface area contributed by atoms with Gasteiger partial charge in [0.15, 0.2) is 11.7 Å². The highest BCUT2D eigenvalue weighted by Crippen LogP contribution is 2.36. The van der Waals surface area contributed by atoms with Crippen LogP contribution >= 0.6 is 0 Å². The maximum Gasteiger partial charge on any atom is 0.321 e. The Labute approximate surface area is 167 Å². The van der Waals surface area contributed by atoms with Gasteiger partial charge in [0, 0.05) is 17.9 Å². The molecular weight excluding hydrogens is 356 g/mol. The molecule has 1 aromatic rings. The van der Waals surface area contributed by atoms with Gasteiger partial charge in [-0.05, 0) is 19.8 Å². The molecule has 0 bridgehead atoms. The molecular formula is C23H32O5. The zero-order valence-corrected chi connectivity index (χ0v) is 17.0. The Morgan fingerprint density at radius 1 is 1.00 bits per heavy atom. The standard InChI is InChI=1S/C23H32O5/c1-3-5-6-7-8-12-15-20-18(16-19(24)17-13-10-9-11-14-17)21(23(26)28-20)22(25)27-4-2/h9-11,13-14,18,20-21H,3-8,12,15-16H2,1-2H3/t18-,20+,21-/m1/s1. The van der Waals surface area contributed by atoms with Gasteiger partial charge in [-0.2, -0.15) is 0 Å². The number of hydrogen-bond donors (Lipinski definition) is 0. The monoisotopic (exact) mass is 388 g/mol. The third-order valence-electron chi connectivity index (χ3n) is 5.33. The summed E-state index contributed by atoms with van der Waals surface area (Å²) in [7, 11) is 0. The van der Waals surface area contributed by atoms with Crippen LogP contribution in [-0.2, 0) is 19.1 Å². The summed E-state index contributed by atoms with van der Waals surface area (Å²) in [6.45, 7) is 4.09. The fourth-order valence-electron chi connectivity index (χ4n) is 3.81. The Hall–Kier alpha value is -2.17. The Bertz CT molecular complexity index is 640. The molecule has 28 heavy (non-hydrogen) atoms. The summed E-state index contributed by atoms with van der Waals surface area (Å²) in [6.07, 6.45) is 7.18. The molecule has 5 heteroatoms. The minimum Gasteiger partial charge on any atom is -0.465 e. The number of benzene rings is 1. The van der Waals surface area contributed by atoms with E-state index in [4.69, 9.17) is 9.47 Å². The number of ketones is 1. The first kappa shape index (κ1) is 22.1. The first-order valence-corrected chi connectivity index (χ1v) is 10.5. The second-order valence-electron chi connectivity index (χ2n) is 7.42. The largest absolute Gasteiger partial charge is 0.465 e. The smallest absolute Gasteiger partial charge is 0.321 e. The molecule has 0 aliphatic carbocycles. The van der Waals surface area contributed by atoms with Gasteiger partial charge in [0.25, 0.3) is 0 Å². The molecule has 1 aromatic carbocycles. The van der Waals surface area contributed by atoms with E-state index < -0.39 is 29.9 Å². The van der Waals surface area contributed by atoms with Crippen molar-refractivity contribution in [1.82, 2.24) is 0 Å². The quantitative estimate of drug-likeness (QED) is 0.224. The molecule has 5 nitrogen and oxygen atoms in total. The molecule has 0 saturated carbocycles. The van der Waals surface area contributed by atoms with E-state index in [2.05, 4.69) is 6.92 Å². The molecule has 0 amide bonds. The topological polar surface area (TPSA) is 69.7 Å². The summed E-state index contributed by atoms with van der Waals surface area (Å²) in [6, 6.07) is 8.96. The minimum atomic E-state index is -1.00. The van der Waals surface area contributed by atoms with Gasteiger partial charge in [-0.15, -0.1) is 0 Å². The molecule has 1 saturated heterocycles. The van der Waals surface area contributed by atoms with Crippen molar-refractivity contribution in [2.24, 2.45) is 11.8 Å². The first-order valence-electron chi connectivity index (χ1n) is 10.5. The Morgan fingerprint density at radius 2 is 1.68 bits per heavy atom. The number of rotatable bonds is 12.